The number of aliphatic hydroxyl groups excluding tert-OH is 1. The molecule has 0 radical (unpaired) electrons. The summed E-state index contributed by atoms with van der Waals surface area (Å²) in [5, 5.41) is 8.57. The molecule has 0 aromatic heterocycles. The molecule has 0 aliphatic rings. The van der Waals surface area contributed by atoms with Crippen molar-refractivity contribution in [3.05, 3.63) is 35.9 Å². The fraction of sp³-hybridized carbons (Fsp3) is 0.500. The lowest BCUT2D eigenvalue weighted by molar-refractivity contribution is 0.319. The van der Waals surface area contributed by atoms with Gasteiger partial charge in [-0.2, -0.15) is 0 Å². The summed E-state index contributed by atoms with van der Waals surface area (Å²) in [6.45, 7) is 2.12. The third kappa shape index (κ3) is 5.30. The van der Waals surface area contributed by atoms with Crippen molar-refractivity contribution in [2.75, 3.05) is 18.9 Å². The molecule has 0 aliphatic heterocycles. The first-order valence-corrected chi connectivity index (χ1v) is 7.33. The van der Waals surface area contributed by atoms with Gasteiger partial charge in [0.1, 0.15) is 0 Å². The zero-order valence-electron chi connectivity index (χ0n) is 9.96. The lowest BCUT2D eigenvalue weighted by Crippen LogP contribution is -2.29. The molecule has 96 valence electrons. The van der Waals surface area contributed by atoms with Crippen molar-refractivity contribution in [2.45, 2.75) is 19.3 Å². The van der Waals surface area contributed by atoms with Crippen molar-refractivity contribution < 1.29 is 13.5 Å². The average molecular weight is 257 g/mol. The highest BCUT2D eigenvalue weighted by Gasteiger charge is 2.10. The molecular weight excluding hydrogens is 238 g/mol. The smallest absolute Gasteiger partial charge is 0.213 e. The summed E-state index contributed by atoms with van der Waals surface area (Å²) in [5.41, 5.74) is 1.20. The summed E-state index contributed by atoms with van der Waals surface area (Å²) >= 11 is 0. The van der Waals surface area contributed by atoms with E-state index in [1.807, 2.05) is 30.3 Å². The molecule has 1 aromatic carbocycles. The normalized spacial score (nSPS) is 13.5. The maximum absolute atomic E-state index is 11.3. The number of hydrogen-bond acceptors (Lipinski definition) is 3. The van der Waals surface area contributed by atoms with Crippen LogP contribution in [0.3, 0.4) is 0 Å². The second kappa shape index (κ2) is 6.74. The van der Waals surface area contributed by atoms with Gasteiger partial charge in [0, 0.05) is 6.54 Å². The molecule has 1 rings (SSSR count). The molecule has 1 atom stereocenters. The molecule has 17 heavy (non-hydrogen) atoms. The van der Waals surface area contributed by atoms with E-state index in [1.165, 1.54) is 5.56 Å². The van der Waals surface area contributed by atoms with Crippen molar-refractivity contribution in [3.63, 3.8) is 0 Å². The topological polar surface area (TPSA) is 66.4 Å². The summed E-state index contributed by atoms with van der Waals surface area (Å²) in [6.07, 6.45) is 0.745. The summed E-state index contributed by atoms with van der Waals surface area (Å²) in [7, 11) is -3.31. The molecule has 1 unspecified atom stereocenters. The lowest BCUT2D eigenvalue weighted by Gasteiger charge is -2.12. The third-order valence-corrected chi connectivity index (χ3v) is 3.99. The van der Waals surface area contributed by atoms with Crippen LogP contribution in [0.5, 0.6) is 0 Å². The number of hydrogen-bond donors (Lipinski definition) is 2. The van der Waals surface area contributed by atoms with Crippen molar-refractivity contribution in [2.24, 2.45) is 0 Å². The van der Waals surface area contributed by atoms with Crippen LogP contribution in [0, 0.1) is 0 Å². The molecule has 4 nitrogen and oxygen atoms in total. The summed E-state index contributed by atoms with van der Waals surface area (Å²) < 4.78 is 25.0. The van der Waals surface area contributed by atoms with Gasteiger partial charge in [0.05, 0.1) is 12.4 Å². The van der Waals surface area contributed by atoms with Gasteiger partial charge in [-0.25, -0.2) is 13.1 Å². The highest BCUT2D eigenvalue weighted by Crippen LogP contribution is 2.17. The first-order chi connectivity index (χ1) is 8.05. The molecule has 0 saturated carbocycles. The van der Waals surface area contributed by atoms with Gasteiger partial charge < -0.3 is 5.11 Å². The molecule has 0 saturated heterocycles. The highest BCUT2D eigenvalue weighted by atomic mass is 32.2. The maximum atomic E-state index is 11.3. The van der Waals surface area contributed by atoms with E-state index in [0.29, 0.717) is 12.5 Å². The van der Waals surface area contributed by atoms with Crippen LogP contribution in [0.4, 0.5) is 0 Å². The van der Waals surface area contributed by atoms with E-state index in [2.05, 4.69) is 11.6 Å². The first kappa shape index (κ1) is 14.2. The van der Waals surface area contributed by atoms with Crippen LogP contribution in [0.2, 0.25) is 0 Å². The predicted molar refractivity (Wildman–Crippen MR) is 68.3 cm³/mol. The van der Waals surface area contributed by atoms with Gasteiger partial charge in [-0.1, -0.05) is 37.3 Å². The van der Waals surface area contributed by atoms with Crippen LogP contribution in [-0.4, -0.2) is 32.4 Å². The van der Waals surface area contributed by atoms with Crippen LogP contribution in [0.1, 0.15) is 24.8 Å². The van der Waals surface area contributed by atoms with E-state index >= 15 is 0 Å². The summed E-state index contributed by atoms with van der Waals surface area (Å²) in [5.74, 6) is 0.0835. The predicted octanol–water partition coefficient (Wildman–Crippen LogP) is 1.09. The van der Waals surface area contributed by atoms with E-state index < -0.39 is 10.0 Å². The Hall–Kier alpha value is -0.910. The van der Waals surface area contributed by atoms with Gasteiger partial charge in [-0.3, -0.25) is 0 Å². The van der Waals surface area contributed by atoms with Gasteiger partial charge >= 0.3 is 0 Å². The third-order valence-electron chi connectivity index (χ3n) is 2.63. The van der Waals surface area contributed by atoms with E-state index in [4.69, 9.17) is 5.11 Å². The number of benzene rings is 1. The average Bonchev–Trinajstić information content (AvgIpc) is 2.29. The maximum Gasteiger partial charge on any atom is 0.213 e. The molecule has 2 N–H and O–H groups in total. The van der Waals surface area contributed by atoms with Crippen LogP contribution in [0.15, 0.2) is 30.3 Å². The van der Waals surface area contributed by atoms with Crippen LogP contribution in [0.25, 0.3) is 0 Å². The van der Waals surface area contributed by atoms with E-state index in [0.717, 1.165) is 6.42 Å². The molecular formula is C12H19NO3S. The Labute approximate surface area is 103 Å². The second-order valence-corrected chi connectivity index (χ2v) is 5.96. The first-order valence-electron chi connectivity index (χ1n) is 5.68. The number of rotatable bonds is 7. The fourth-order valence-electron chi connectivity index (χ4n) is 1.57. The quantitative estimate of drug-likeness (QED) is 0.768. The Bertz CT molecular complexity index is 417. The number of nitrogens with one attached hydrogen (secondary N) is 1. The molecule has 5 heteroatoms. The van der Waals surface area contributed by atoms with Crippen molar-refractivity contribution in [1.82, 2.24) is 4.72 Å². The van der Waals surface area contributed by atoms with Crippen LogP contribution in [-0.2, 0) is 10.0 Å². The zero-order chi connectivity index (χ0) is 12.7. The van der Waals surface area contributed by atoms with Crippen molar-refractivity contribution in [3.8, 4) is 0 Å². The van der Waals surface area contributed by atoms with Gasteiger partial charge in [0.2, 0.25) is 10.0 Å². The van der Waals surface area contributed by atoms with Crippen LogP contribution >= 0.6 is 0 Å². The van der Waals surface area contributed by atoms with Crippen molar-refractivity contribution >= 4 is 10.0 Å². The van der Waals surface area contributed by atoms with E-state index in [-0.39, 0.29) is 12.4 Å². The minimum atomic E-state index is -3.31. The molecule has 0 fully saturated rings. The SMILES string of the molecule is CC(CCNS(=O)(=O)CCO)c1ccccc1. The van der Waals surface area contributed by atoms with E-state index in [9.17, 15) is 8.42 Å². The second-order valence-electron chi connectivity index (χ2n) is 4.04. The van der Waals surface area contributed by atoms with Gasteiger partial charge in [-0.15, -0.1) is 0 Å². The molecule has 0 aliphatic carbocycles. The van der Waals surface area contributed by atoms with Gasteiger partial charge in [0.25, 0.3) is 0 Å². The van der Waals surface area contributed by atoms with Crippen LogP contribution < -0.4 is 4.72 Å². The molecule has 0 spiro atoms. The molecule has 0 amide bonds. The Balaban J connectivity index is 2.37. The zero-order valence-corrected chi connectivity index (χ0v) is 10.8. The lowest BCUT2D eigenvalue weighted by atomic mass is 9.98. The highest BCUT2D eigenvalue weighted by molar-refractivity contribution is 7.89. The number of aliphatic hydroxyl groups is 1. The van der Waals surface area contributed by atoms with Gasteiger partial charge in [-0.05, 0) is 17.9 Å². The Morgan fingerprint density at radius 1 is 1.29 bits per heavy atom. The minimum absolute atomic E-state index is 0.229. The Kier molecular flexibility index (Phi) is 5.61. The largest absolute Gasteiger partial charge is 0.395 e. The molecule has 1 aromatic rings. The fourth-order valence-corrected chi connectivity index (χ4v) is 2.39. The van der Waals surface area contributed by atoms with E-state index in [1.54, 1.807) is 0 Å². The van der Waals surface area contributed by atoms with Crippen molar-refractivity contribution in [1.29, 1.82) is 0 Å². The molecule has 0 heterocycles. The Morgan fingerprint density at radius 3 is 2.53 bits per heavy atom. The minimum Gasteiger partial charge on any atom is -0.395 e. The monoisotopic (exact) mass is 257 g/mol. The number of sulfonamides is 1. The summed E-state index contributed by atoms with van der Waals surface area (Å²) in [6, 6.07) is 9.98. The molecule has 0 bridgehead atoms. The standard InChI is InChI=1S/C12H19NO3S/c1-11(12-5-3-2-4-6-12)7-8-13-17(15,16)10-9-14/h2-6,11,13-14H,7-10H2,1H3. The van der Waals surface area contributed by atoms with Gasteiger partial charge in [0.15, 0.2) is 0 Å². The summed E-state index contributed by atoms with van der Waals surface area (Å²) in [4.78, 5) is 0. The Morgan fingerprint density at radius 2 is 1.94 bits per heavy atom.